The van der Waals surface area contributed by atoms with Gasteiger partial charge in [-0.25, -0.2) is 0 Å². The van der Waals surface area contributed by atoms with Gasteiger partial charge in [-0.2, -0.15) is 0 Å². The number of aryl methyl sites for hydroxylation is 1. The molecule has 82 valence electrons. The zero-order chi connectivity index (χ0) is 10.7. The Morgan fingerprint density at radius 2 is 2.27 bits per heavy atom. The lowest BCUT2D eigenvalue weighted by molar-refractivity contribution is 0.0619. The van der Waals surface area contributed by atoms with E-state index >= 15 is 0 Å². The lowest BCUT2D eigenvalue weighted by atomic mass is 9.94. The van der Waals surface area contributed by atoms with Crippen LogP contribution in [0.2, 0.25) is 0 Å². The summed E-state index contributed by atoms with van der Waals surface area (Å²) in [7, 11) is 1.81. The zero-order valence-corrected chi connectivity index (χ0v) is 9.49. The maximum Gasteiger partial charge on any atom is 0.0601 e. The molecular formula is C13H19NO. The van der Waals surface area contributed by atoms with Crippen molar-refractivity contribution < 1.29 is 4.74 Å². The average Bonchev–Trinajstić information content (AvgIpc) is 2.29. The Bertz CT molecular complexity index is 324. The normalized spacial score (nSPS) is 26.5. The summed E-state index contributed by atoms with van der Waals surface area (Å²) in [5.41, 5.74) is 2.71. The second kappa shape index (κ2) is 4.77. The van der Waals surface area contributed by atoms with E-state index in [1.54, 1.807) is 0 Å². The number of hydrogen-bond donors (Lipinski definition) is 1. The van der Waals surface area contributed by atoms with Gasteiger partial charge in [0, 0.05) is 13.2 Å². The number of benzene rings is 1. The first-order valence-corrected chi connectivity index (χ1v) is 5.62. The van der Waals surface area contributed by atoms with Crippen LogP contribution in [0.5, 0.6) is 0 Å². The molecule has 0 bridgehead atoms. The molecule has 1 fully saturated rings. The molecule has 1 aliphatic rings. The number of hydrogen-bond acceptors (Lipinski definition) is 2. The SMILES string of the molecule is COC1CCNC(c2cccc(C)c2)C1. The Morgan fingerprint density at radius 1 is 1.40 bits per heavy atom. The van der Waals surface area contributed by atoms with Crippen molar-refractivity contribution in [2.75, 3.05) is 13.7 Å². The Balaban J connectivity index is 2.09. The van der Waals surface area contributed by atoms with Gasteiger partial charge in [-0.1, -0.05) is 29.8 Å². The lowest BCUT2D eigenvalue weighted by Gasteiger charge is -2.29. The number of rotatable bonds is 2. The van der Waals surface area contributed by atoms with Crippen LogP contribution in [-0.2, 0) is 4.74 Å². The molecule has 0 radical (unpaired) electrons. The zero-order valence-electron chi connectivity index (χ0n) is 9.49. The highest BCUT2D eigenvalue weighted by molar-refractivity contribution is 5.25. The number of methoxy groups -OCH3 is 1. The van der Waals surface area contributed by atoms with Crippen LogP contribution < -0.4 is 5.32 Å². The summed E-state index contributed by atoms with van der Waals surface area (Å²) in [4.78, 5) is 0. The minimum absolute atomic E-state index is 0.414. The first-order valence-electron chi connectivity index (χ1n) is 5.62. The smallest absolute Gasteiger partial charge is 0.0601 e. The minimum atomic E-state index is 0.414. The maximum atomic E-state index is 5.43. The summed E-state index contributed by atoms with van der Waals surface area (Å²) < 4.78 is 5.43. The second-order valence-corrected chi connectivity index (χ2v) is 4.30. The summed E-state index contributed by atoms with van der Waals surface area (Å²) in [6, 6.07) is 9.19. The maximum absolute atomic E-state index is 5.43. The molecule has 1 aliphatic heterocycles. The number of piperidine rings is 1. The van der Waals surface area contributed by atoms with Gasteiger partial charge in [0.1, 0.15) is 0 Å². The van der Waals surface area contributed by atoms with E-state index < -0.39 is 0 Å². The highest BCUT2D eigenvalue weighted by atomic mass is 16.5. The summed E-state index contributed by atoms with van der Waals surface area (Å²) in [6.45, 7) is 3.19. The largest absolute Gasteiger partial charge is 0.381 e. The van der Waals surface area contributed by atoms with Gasteiger partial charge < -0.3 is 10.1 Å². The average molecular weight is 205 g/mol. The molecule has 0 spiro atoms. The predicted octanol–water partition coefficient (Wildman–Crippen LogP) is 2.43. The molecule has 2 heteroatoms. The van der Waals surface area contributed by atoms with Crippen molar-refractivity contribution in [2.45, 2.75) is 31.9 Å². The van der Waals surface area contributed by atoms with E-state index in [1.165, 1.54) is 11.1 Å². The van der Waals surface area contributed by atoms with E-state index in [2.05, 4.69) is 36.5 Å². The molecule has 1 heterocycles. The Kier molecular flexibility index (Phi) is 3.39. The fraction of sp³-hybridized carbons (Fsp3) is 0.538. The van der Waals surface area contributed by atoms with E-state index in [4.69, 9.17) is 4.74 Å². The molecule has 1 saturated heterocycles. The minimum Gasteiger partial charge on any atom is -0.381 e. The Morgan fingerprint density at radius 3 is 3.00 bits per heavy atom. The summed E-state index contributed by atoms with van der Waals surface area (Å²) in [5.74, 6) is 0. The van der Waals surface area contributed by atoms with Crippen molar-refractivity contribution in [3.8, 4) is 0 Å². The van der Waals surface area contributed by atoms with Crippen molar-refractivity contribution in [3.05, 3.63) is 35.4 Å². The van der Waals surface area contributed by atoms with Crippen molar-refractivity contribution >= 4 is 0 Å². The van der Waals surface area contributed by atoms with E-state index in [0.717, 1.165) is 19.4 Å². The second-order valence-electron chi connectivity index (χ2n) is 4.30. The molecule has 2 atom stereocenters. The molecule has 1 N–H and O–H groups in total. The van der Waals surface area contributed by atoms with Gasteiger partial charge in [0.25, 0.3) is 0 Å². The number of nitrogens with one attached hydrogen (secondary N) is 1. The monoisotopic (exact) mass is 205 g/mol. The molecule has 0 aromatic heterocycles. The fourth-order valence-corrected chi connectivity index (χ4v) is 2.24. The van der Waals surface area contributed by atoms with Crippen LogP contribution in [-0.4, -0.2) is 19.8 Å². The first-order chi connectivity index (χ1) is 7.29. The summed E-state index contributed by atoms with van der Waals surface area (Å²) in [5, 5.41) is 3.55. The van der Waals surface area contributed by atoms with Gasteiger partial charge in [-0.15, -0.1) is 0 Å². The summed E-state index contributed by atoms with van der Waals surface area (Å²) >= 11 is 0. The molecule has 0 amide bonds. The molecular weight excluding hydrogens is 186 g/mol. The predicted molar refractivity (Wildman–Crippen MR) is 62.0 cm³/mol. The van der Waals surface area contributed by atoms with Gasteiger partial charge in [0.15, 0.2) is 0 Å². The molecule has 15 heavy (non-hydrogen) atoms. The third-order valence-electron chi connectivity index (χ3n) is 3.13. The highest BCUT2D eigenvalue weighted by Gasteiger charge is 2.22. The van der Waals surface area contributed by atoms with Crippen LogP contribution >= 0.6 is 0 Å². The fourth-order valence-electron chi connectivity index (χ4n) is 2.24. The highest BCUT2D eigenvalue weighted by Crippen LogP contribution is 2.24. The molecule has 2 rings (SSSR count). The van der Waals surface area contributed by atoms with Crippen LogP contribution in [0.1, 0.15) is 30.0 Å². The Labute approximate surface area is 91.6 Å². The van der Waals surface area contributed by atoms with E-state index in [9.17, 15) is 0 Å². The lowest BCUT2D eigenvalue weighted by Crippen LogP contribution is -2.35. The van der Waals surface area contributed by atoms with Crippen LogP contribution in [0.15, 0.2) is 24.3 Å². The van der Waals surface area contributed by atoms with E-state index in [0.29, 0.717) is 12.1 Å². The van der Waals surface area contributed by atoms with Crippen molar-refractivity contribution in [2.24, 2.45) is 0 Å². The van der Waals surface area contributed by atoms with Crippen LogP contribution in [0.25, 0.3) is 0 Å². The van der Waals surface area contributed by atoms with E-state index in [1.807, 2.05) is 7.11 Å². The van der Waals surface area contributed by atoms with Gasteiger partial charge >= 0.3 is 0 Å². The first kappa shape index (κ1) is 10.7. The summed E-state index contributed by atoms with van der Waals surface area (Å²) in [6.07, 6.45) is 2.62. The quantitative estimate of drug-likeness (QED) is 0.800. The third kappa shape index (κ3) is 2.58. The van der Waals surface area contributed by atoms with Crippen LogP contribution in [0, 0.1) is 6.92 Å². The van der Waals surface area contributed by atoms with Crippen molar-refractivity contribution in [3.63, 3.8) is 0 Å². The molecule has 1 aromatic rings. The molecule has 1 aromatic carbocycles. The van der Waals surface area contributed by atoms with Crippen molar-refractivity contribution in [1.82, 2.24) is 5.32 Å². The van der Waals surface area contributed by atoms with Gasteiger partial charge in [-0.05, 0) is 31.9 Å². The van der Waals surface area contributed by atoms with Gasteiger partial charge in [-0.3, -0.25) is 0 Å². The molecule has 0 aliphatic carbocycles. The topological polar surface area (TPSA) is 21.3 Å². The van der Waals surface area contributed by atoms with Crippen LogP contribution in [0.3, 0.4) is 0 Å². The van der Waals surface area contributed by atoms with Crippen molar-refractivity contribution in [1.29, 1.82) is 0 Å². The molecule has 2 unspecified atom stereocenters. The molecule has 2 nitrogen and oxygen atoms in total. The third-order valence-corrected chi connectivity index (χ3v) is 3.13. The van der Waals surface area contributed by atoms with Gasteiger partial charge in [0.05, 0.1) is 6.10 Å². The van der Waals surface area contributed by atoms with Crippen LogP contribution in [0.4, 0.5) is 0 Å². The number of ether oxygens (including phenoxy) is 1. The Hall–Kier alpha value is -0.860. The standard InChI is InChI=1S/C13H19NO/c1-10-4-3-5-11(8-10)13-9-12(15-2)6-7-14-13/h3-5,8,12-14H,6-7,9H2,1-2H3. The molecule has 0 saturated carbocycles. The van der Waals surface area contributed by atoms with Gasteiger partial charge in [0.2, 0.25) is 0 Å². The van der Waals surface area contributed by atoms with E-state index in [-0.39, 0.29) is 0 Å².